The SMILES string of the molecule is CC1CC(n2c(C(C)(C)C)nc3c2CCNC3)CCN1C. The van der Waals surface area contributed by atoms with E-state index in [9.17, 15) is 0 Å². The van der Waals surface area contributed by atoms with Crippen LogP contribution in [-0.4, -0.2) is 40.6 Å². The highest BCUT2D eigenvalue weighted by Crippen LogP contribution is 2.34. The van der Waals surface area contributed by atoms with Crippen molar-refractivity contribution in [2.24, 2.45) is 0 Å². The van der Waals surface area contributed by atoms with E-state index >= 15 is 0 Å². The highest BCUT2D eigenvalue weighted by Gasteiger charge is 2.33. The molecule has 1 fully saturated rings. The molecule has 2 unspecified atom stereocenters. The Morgan fingerprint density at radius 3 is 2.71 bits per heavy atom. The molecule has 2 aliphatic rings. The Morgan fingerprint density at radius 2 is 2.05 bits per heavy atom. The molecule has 2 atom stereocenters. The van der Waals surface area contributed by atoms with Crippen LogP contribution >= 0.6 is 0 Å². The van der Waals surface area contributed by atoms with Gasteiger partial charge in [-0.25, -0.2) is 4.98 Å². The summed E-state index contributed by atoms with van der Waals surface area (Å²) < 4.78 is 2.62. The van der Waals surface area contributed by atoms with E-state index < -0.39 is 0 Å². The normalized spacial score (nSPS) is 27.7. The number of imidazole rings is 1. The van der Waals surface area contributed by atoms with Crippen LogP contribution in [0.3, 0.4) is 0 Å². The average molecular weight is 290 g/mol. The Labute approximate surface area is 128 Å². The van der Waals surface area contributed by atoms with E-state index in [0.717, 1.165) is 19.5 Å². The van der Waals surface area contributed by atoms with Gasteiger partial charge in [-0.3, -0.25) is 0 Å². The number of piperidine rings is 1. The second-order valence-corrected chi connectivity index (χ2v) is 7.88. The number of nitrogens with one attached hydrogen (secondary N) is 1. The molecule has 0 saturated carbocycles. The molecule has 0 aromatic carbocycles. The molecule has 0 radical (unpaired) electrons. The predicted molar refractivity (Wildman–Crippen MR) is 86.7 cm³/mol. The lowest BCUT2D eigenvalue weighted by Crippen LogP contribution is -2.40. The third-order valence-corrected chi connectivity index (χ3v) is 5.14. The molecule has 1 saturated heterocycles. The monoisotopic (exact) mass is 290 g/mol. The van der Waals surface area contributed by atoms with Gasteiger partial charge in [0.15, 0.2) is 0 Å². The summed E-state index contributed by atoms with van der Waals surface area (Å²) in [6.45, 7) is 12.5. The fraction of sp³-hybridized carbons (Fsp3) is 0.824. The van der Waals surface area contributed by atoms with Crippen molar-refractivity contribution in [2.75, 3.05) is 20.1 Å². The Balaban J connectivity index is 2.01. The summed E-state index contributed by atoms with van der Waals surface area (Å²) in [5.74, 6) is 1.29. The van der Waals surface area contributed by atoms with Gasteiger partial charge in [-0.2, -0.15) is 0 Å². The summed E-state index contributed by atoms with van der Waals surface area (Å²) in [6, 6.07) is 1.29. The van der Waals surface area contributed by atoms with Gasteiger partial charge >= 0.3 is 0 Å². The largest absolute Gasteiger partial charge is 0.328 e. The molecule has 0 bridgehead atoms. The lowest BCUT2D eigenvalue weighted by atomic mass is 9.92. The minimum Gasteiger partial charge on any atom is -0.328 e. The number of nitrogens with zero attached hydrogens (tertiary/aromatic N) is 3. The van der Waals surface area contributed by atoms with Crippen molar-refractivity contribution in [1.82, 2.24) is 19.8 Å². The van der Waals surface area contributed by atoms with Crippen LogP contribution in [0.2, 0.25) is 0 Å². The van der Waals surface area contributed by atoms with Crippen LogP contribution in [0.15, 0.2) is 0 Å². The van der Waals surface area contributed by atoms with Gasteiger partial charge in [0.2, 0.25) is 0 Å². The molecule has 1 aromatic rings. The van der Waals surface area contributed by atoms with Gasteiger partial charge in [0.1, 0.15) is 5.82 Å². The van der Waals surface area contributed by atoms with Gasteiger partial charge in [0.25, 0.3) is 0 Å². The molecule has 0 amide bonds. The Hall–Kier alpha value is -0.870. The molecule has 1 aromatic heterocycles. The molecule has 4 nitrogen and oxygen atoms in total. The molecular formula is C17H30N4. The lowest BCUT2D eigenvalue weighted by molar-refractivity contribution is 0.152. The predicted octanol–water partition coefficient (Wildman–Crippen LogP) is 2.48. The summed E-state index contributed by atoms with van der Waals surface area (Å²) >= 11 is 0. The number of rotatable bonds is 1. The van der Waals surface area contributed by atoms with Gasteiger partial charge in [0.05, 0.1) is 5.69 Å². The van der Waals surface area contributed by atoms with Crippen LogP contribution in [0.4, 0.5) is 0 Å². The summed E-state index contributed by atoms with van der Waals surface area (Å²) in [5.41, 5.74) is 2.90. The van der Waals surface area contributed by atoms with Crippen LogP contribution in [0, 0.1) is 0 Å². The first-order valence-electron chi connectivity index (χ1n) is 8.39. The van der Waals surface area contributed by atoms with E-state index in [4.69, 9.17) is 4.98 Å². The van der Waals surface area contributed by atoms with E-state index in [2.05, 4.69) is 49.5 Å². The first kappa shape index (κ1) is 15.0. The second kappa shape index (κ2) is 5.40. The summed E-state index contributed by atoms with van der Waals surface area (Å²) in [4.78, 5) is 7.51. The summed E-state index contributed by atoms with van der Waals surface area (Å²) in [6.07, 6.45) is 3.62. The maximum absolute atomic E-state index is 5.03. The first-order chi connectivity index (χ1) is 9.88. The number of aromatic nitrogens is 2. The standard InChI is InChI=1S/C17H30N4/c1-12-10-13(7-9-20(12)5)21-15-6-8-18-11-14(15)19-16(21)17(2,3)4/h12-13,18H,6-11H2,1-5H3. The zero-order valence-electron chi connectivity index (χ0n) is 14.2. The number of fused-ring (bicyclic) bond motifs is 1. The smallest absolute Gasteiger partial charge is 0.114 e. The quantitative estimate of drug-likeness (QED) is 0.862. The first-order valence-corrected chi connectivity index (χ1v) is 8.39. The molecule has 0 aliphatic carbocycles. The minimum atomic E-state index is 0.115. The molecule has 21 heavy (non-hydrogen) atoms. The zero-order chi connectivity index (χ0) is 15.2. The Bertz CT molecular complexity index is 512. The topological polar surface area (TPSA) is 33.1 Å². The fourth-order valence-corrected chi connectivity index (χ4v) is 3.75. The van der Waals surface area contributed by atoms with Crippen molar-refractivity contribution in [3.63, 3.8) is 0 Å². The van der Waals surface area contributed by atoms with E-state index in [1.54, 1.807) is 0 Å². The van der Waals surface area contributed by atoms with Crippen LogP contribution in [0.1, 0.15) is 63.8 Å². The van der Waals surface area contributed by atoms with Gasteiger partial charge in [-0.15, -0.1) is 0 Å². The maximum atomic E-state index is 5.03. The zero-order valence-corrected chi connectivity index (χ0v) is 14.2. The number of hydrogen-bond acceptors (Lipinski definition) is 3. The molecular weight excluding hydrogens is 260 g/mol. The van der Waals surface area contributed by atoms with Crippen LogP contribution < -0.4 is 5.32 Å². The molecule has 0 spiro atoms. The summed E-state index contributed by atoms with van der Waals surface area (Å²) in [7, 11) is 2.25. The van der Waals surface area contributed by atoms with Gasteiger partial charge in [0, 0.05) is 49.2 Å². The van der Waals surface area contributed by atoms with E-state index in [0.29, 0.717) is 12.1 Å². The van der Waals surface area contributed by atoms with Crippen molar-refractivity contribution >= 4 is 0 Å². The maximum Gasteiger partial charge on any atom is 0.114 e. The molecule has 3 rings (SSSR count). The average Bonchev–Trinajstić information content (AvgIpc) is 2.81. The third kappa shape index (κ3) is 2.76. The second-order valence-electron chi connectivity index (χ2n) is 7.88. The Kier molecular flexibility index (Phi) is 3.87. The highest BCUT2D eigenvalue weighted by atomic mass is 15.2. The van der Waals surface area contributed by atoms with Crippen molar-refractivity contribution < 1.29 is 0 Å². The Morgan fingerprint density at radius 1 is 1.29 bits per heavy atom. The number of likely N-dealkylation sites (tertiary alicyclic amines) is 1. The van der Waals surface area contributed by atoms with Crippen LogP contribution in [0.5, 0.6) is 0 Å². The molecule has 2 aliphatic heterocycles. The van der Waals surface area contributed by atoms with Crippen LogP contribution in [-0.2, 0) is 18.4 Å². The van der Waals surface area contributed by atoms with Crippen molar-refractivity contribution in [1.29, 1.82) is 0 Å². The van der Waals surface area contributed by atoms with E-state index in [1.807, 2.05) is 0 Å². The molecule has 3 heterocycles. The number of hydrogen-bond donors (Lipinski definition) is 1. The van der Waals surface area contributed by atoms with Gasteiger partial charge < -0.3 is 14.8 Å². The summed E-state index contributed by atoms with van der Waals surface area (Å²) in [5, 5.41) is 3.47. The molecule has 118 valence electrons. The van der Waals surface area contributed by atoms with E-state index in [-0.39, 0.29) is 5.41 Å². The van der Waals surface area contributed by atoms with Crippen molar-refractivity contribution in [3.05, 3.63) is 17.2 Å². The molecule has 1 N–H and O–H groups in total. The van der Waals surface area contributed by atoms with E-state index in [1.165, 1.54) is 36.6 Å². The van der Waals surface area contributed by atoms with Crippen LogP contribution in [0.25, 0.3) is 0 Å². The van der Waals surface area contributed by atoms with Crippen molar-refractivity contribution in [2.45, 2.75) is 71.0 Å². The van der Waals surface area contributed by atoms with Crippen molar-refractivity contribution in [3.8, 4) is 0 Å². The molecule has 4 heteroatoms. The van der Waals surface area contributed by atoms with Gasteiger partial charge in [-0.05, 0) is 26.8 Å². The highest BCUT2D eigenvalue weighted by molar-refractivity contribution is 5.25. The minimum absolute atomic E-state index is 0.115. The third-order valence-electron chi connectivity index (χ3n) is 5.14. The van der Waals surface area contributed by atoms with Gasteiger partial charge in [-0.1, -0.05) is 20.8 Å². The lowest BCUT2D eigenvalue weighted by Gasteiger charge is -2.38. The fourth-order valence-electron chi connectivity index (χ4n) is 3.75.